The van der Waals surface area contributed by atoms with Crippen LogP contribution in [0.4, 0.5) is 10.7 Å². The Morgan fingerprint density at radius 3 is 2.68 bits per heavy atom. The number of nitrogens with one attached hydrogen (secondary N) is 1. The predicted octanol–water partition coefficient (Wildman–Crippen LogP) is 3.73. The molecule has 0 aliphatic heterocycles. The van der Waals surface area contributed by atoms with E-state index in [4.69, 9.17) is 9.47 Å². The molecular weight excluding hydrogens is 384 g/mol. The van der Waals surface area contributed by atoms with E-state index in [2.05, 4.69) is 5.32 Å². The first-order valence-electron chi connectivity index (χ1n) is 8.86. The van der Waals surface area contributed by atoms with Crippen LogP contribution in [-0.4, -0.2) is 30.0 Å². The molecule has 1 N–H and O–H groups in total. The predicted molar refractivity (Wildman–Crippen MR) is 104 cm³/mol. The molecule has 3 rings (SSSR count). The molecule has 0 saturated carbocycles. The Labute approximate surface area is 165 Å². The molecular formula is C19H20N2O6S. The van der Waals surface area contributed by atoms with Crippen molar-refractivity contribution < 1.29 is 24.0 Å². The fourth-order valence-corrected chi connectivity index (χ4v) is 4.42. The third kappa shape index (κ3) is 3.99. The number of carbonyl (C=O) groups excluding carboxylic acids is 2. The van der Waals surface area contributed by atoms with Crippen LogP contribution in [0.25, 0.3) is 0 Å². The minimum atomic E-state index is -0.995. The maximum absolute atomic E-state index is 12.6. The van der Waals surface area contributed by atoms with Gasteiger partial charge in [-0.2, -0.15) is 0 Å². The summed E-state index contributed by atoms with van der Waals surface area (Å²) in [5.41, 5.74) is 1.11. The van der Waals surface area contributed by atoms with Gasteiger partial charge in [0.15, 0.2) is 11.9 Å². The van der Waals surface area contributed by atoms with Crippen molar-refractivity contribution in [1.29, 1.82) is 0 Å². The number of nitro groups is 1. The molecule has 1 aromatic heterocycles. The number of rotatable bonds is 6. The number of hydrogen-bond donors (Lipinski definition) is 1. The van der Waals surface area contributed by atoms with Crippen molar-refractivity contribution in [2.45, 2.75) is 38.7 Å². The Morgan fingerprint density at radius 2 is 1.96 bits per heavy atom. The molecule has 1 heterocycles. The number of fused-ring (bicyclic) bond motifs is 1. The normalized spacial score (nSPS) is 13.9. The number of anilines is 1. The number of benzene rings is 1. The largest absolute Gasteiger partial charge is 0.474 e. The van der Waals surface area contributed by atoms with Gasteiger partial charge in [-0.05, 0) is 44.2 Å². The van der Waals surface area contributed by atoms with Crippen LogP contribution >= 0.6 is 11.3 Å². The molecule has 0 spiro atoms. The van der Waals surface area contributed by atoms with E-state index in [0.717, 1.165) is 36.1 Å². The molecule has 1 aliphatic rings. The fraction of sp³-hybridized carbons (Fsp3) is 0.368. The van der Waals surface area contributed by atoms with Crippen molar-refractivity contribution in [2.24, 2.45) is 0 Å². The van der Waals surface area contributed by atoms with Gasteiger partial charge in [0.25, 0.3) is 5.91 Å². The van der Waals surface area contributed by atoms with Gasteiger partial charge in [-0.3, -0.25) is 14.9 Å². The standard InChI is InChI=1S/C19H20N2O6S/c1-11(27-14-9-5-4-8-13(14)21(24)25)17(22)20-18-16(19(23)26-2)12-7-3-6-10-15(12)28-18/h4-5,8-9,11H,3,6-7,10H2,1-2H3,(H,20,22)/t11-/m1/s1. The van der Waals surface area contributed by atoms with Crippen LogP contribution in [-0.2, 0) is 22.4 Å². The molecule has 0 bridgehead atoms. The first-order valence-corrected chi connectivity index (χ1v) is 9.67. The summed E-state index contributed by atoms with van der Waals surface area (Å²) < 4.78 is 10.4. The number of hydrogen-bond acceptors (Lipinski definition) is 7. The van der Waals surface area contributed by atoms with Gasteiger partial charge < -0.3 is 14.8 Å². The molecule has 1 aliphatic carbocycles. The van der Waals surface area contributed by atoms with Crippen LogP contribution < -0.4 is 10.1 Å². The van der Waals surface area contributed by atoms with Gasteiger partial charge in [-0.25, -0.2) is 4.79 Å². The molecule has 8 nitrogen and oxygen atoms in total. The maximum Gasteiger partial charge on any atom is 0.341 e. The molecule has 1 aromatic carbocycles. The molecule has 0 fully saturated rings. The van der Waals surface area contributed by atoms with E-state index in [0.29, 0.717) is 10.6 Å². The number of nitro benzene ring substituents is 1. The zero-order valence-electron chi connectivity index (χ0n) is 15.5. The molecule has 148 valence electrons. The van der Waals surface area contributed by atoms with Crippen LogP contribution in [0, 0.1) is 10.1 Å². The van der Waals surface area contributed by atoms with Gasteiger partial charge in [0.05, 0.1) is 17.6 Å². The number of nitrogens with zero attached hydrogens (tertiary/aromatic N) is 1. The maximum atomic E-state index is 12.6. The molecule has 9 heteroatoms. The van der Waals surface area contributed by atoms with E-state index in [9.17, 15) is 19.7 Å². The Kier molecular flexibility index (Phi) is 5.93. The lowest BCUT2D eigenvalue weighted by molar-refractivity contribution is -0.386. The van der Waals surface area contributed by atoms with Crippen LogP contribution in [0.1, 0.15) is 40.6 Å². The summed E-state index contributed by atoms with van der Waals surface area (Å²) in [6, 6.07) is 5.86. The summed E-state index contributed by atoms with van der Waals surface area (Å²) in [7, 11) is 1.31. The summed E-state index contributed by atoms with van der Waals surface area (Å²) in [5, 5.41) is 14.3. The van der Waals surface area contributed by atoms with E-state index in [1.807, 2.05) is 0 Å². The smallest absolute Gasteiger partial charge is 0.341 e. The van der Waals surface area contributed by atoms with E-state index >= 15 is 0 Å². The van der Waals surface area contributed by atoms with Gasteiger partial charge in [0, 0.05) is 10.9 Å². The van der Waals surface area contributed by atoms with Crippen molar-refractivity contribution in [3.63, 3.8) is 0 Å². The van der Waals surface area contributed by atoms with Crippen LogP contribution in [0.5, 0.6) is 5.75 Å². The average molecular weight is 404 g/mol. The number of aryl methyl sites for hydroxylation is 1. The Bertz CT molecular complexity index is 923. The number of para-hydroxylation sites is 2. The second-order valence-electron chi connectivity index (χ2n) is 6.38. The molecule has 1 atom stereocenters. The van der Waals surface area contributed by atoms with Gasteiger partial charge >= 0.3 is 11.7 Å². The van der Waals surface area contributed by atoms with Crippen molar-refractivity contribution in [3.8, 4) is 5.75 Å². The first kappa shape index (κ1) is 19.8. The number of amides is 1. The Balaban J connectivity index is 1.80. The van der Waals surface area contributed by atoms with Gasteiger partial charge in [0.1, 0.15) is 5.00 Å². The zero-order valence-corrected chi connectivity index (χ0v) is 16.3. The summed E-state index contributed by atoms with van der Waals surface area (Å²) >= 11 is 1.37. The van der Waals surface area contributed by atoms with Gasteiger partial charge in [-0.15, -0.1) is 11.3 Å². The lowest BCUT2D eigenvalue weighted by Gasteiger charge is -2.15. The summed E-state index contributed by atoms with van der Waals surface area (Å²) in [5.74, 6) is -0.974. The highest BCUT2D eigenvalue weighted by molar-refractivity contribution is 7.17. The quantitative estimate of drug-likeness (QED) is 0.446. The summed E-state index contributed by atoms with van der Waals surface area (Å²) in [4.78, 5) is 36.5. The zero-order chi connectivity index (χ0) is 20.3. The van der Waals surface area contributed by atoms with E-state index in [1.165, 1.54) is 43.6 Å². The van der Waals surface area contributed by atoms with Crippen molar-refractivity contribution in [1.82, 2.24) is 0 Å². The number of ether oxygens (including phenoxy) is 2. The lowest BCUT2D eigenvalue weighted by Crippen LogP contribution is -2.30. The minimum Gasteiger partial charge on any atom is -0.474 e. The van der Waals surface area contributed by atoms with Gasteiger partial charge in [0.2, 0.25) is 0 Å². The summed E-state index contributed by atoms with van der Waals surface area (Å²) in [6.45, 7) is 1.50. The molecule has 2 aromatic rings. The highest BCUT2D eigenvalue weighted by Gasteiger charge is 2.28. The molecule has 0 saturated heterocycles. The van der Waals surface area contributed by atoms with Gasteiger partial charge in [-0.1, -0.05) is 12.1 Å². The molecule has 0 radical (unpaired) electrons. The van der Waals surface area contributed by atoms with E-state index in [-0.39, 0.29) is 11.4 Å². The third-order valence-corrected chi connectivity index (χ3v) is 5.74. The molecule has 0 unspecified atom stereocenters. The molecule has 1 amide bonds. The Morgan fingerprint density at radius 1 is 1.25 bits per heavy atom. The fourth-order valence-electron chi connectivity index (χ4n) is 3.14. The summed E-state index contributed by atoms with van der Waals surface area (Å²) in [6.07, 6.45) is 2.67. The van der Waals surface area contributed by atoms with Crippen molar-refractivity contribution >= 4 is 33.9 Å². The van der Waals surface area contributed by atoms with Crippen LogP contribution in [0.15, 0.2) is 24.3 Å². The van der Waals surface area contributed by atoms with Crippen molar-refractivity contribution in [3.05, 3.63) is 50.4 Å². The average Bonchev–Trinajstić information content (AvgIpc) is 3.05. The second kappa shape index (κ2) is 8.39. The number of methoxy groups -OCH3 is 1. The number of esters is 1. The first-order chi connectivity index (χ1) is 13.4. The topological polar surface area (TPSA) is 108 Å². The van der Waals surface area contributed by atoms with Crippen LogP contribution in [0.2, 0.25) is 0 Å². The third-order valence-electron chi connectivity index (χ3n) is 4.53. The second-order valence-corrected chi connectivity index (χ2v) is 7.49. The number of thiophene rings is 1. The highest BCUT2D eigenvalue weighted by atomic mass is 32.1. The number of carbonyl (C=O) groups is 2. The lowest BCUT2D eigenvalue weighted by atomic mass is 9.95. The van der Waals surface area contributed by atoms with Crippen molar-refractivity contribution in [2.75, 3.05) is 12.4 Å². The highest BCUT2D eigenvalue weighted by Crippen LogP contribution is 2.38. The minimum absolute atomic E-state index is 0.00816. The SMILES string of the molecule is COC(=O)c1c(NC(=O)[C@@H](C)Oc2ccccc2[N+](=O)[O-])sc2c1CCCC2. The molecule has 28 heavy (non-hydrogen) atoms. The van der Waals surface area contributed by atoms with Crippen LogP contribution in [0.3, 0.4) is 0 Å². The monoisotopic (exact) mass is 404 g/mol. The Hall–Kier alpha value is -2.94. The van der Waals surface area contributed by atoms with E-state index < -0.39 is 22.9 Å². The van der Waals surface area contributed by atoms with E-state index in [1.54, 1.807) is 6.07 Å².